The molecule has 1 unspecified atom stereocenters. The second kappa shape index (κ2) is 5.51. The summed E-state index contributed by atoms with van der Waals surface area (Å²) in [7, 11) is 0. The zero-order valence-electron chi connectivity index (χ0n) is 10.1. The van der Waals surface area contributed by atoms with Gasteiger partial charge in [-0.3, -0.25) is 4.79 Å². The molecule has 0 saturated carbocycles. The molecule has 1 aliphatic rings. The molecule has 1 atom stereocenters. The molecule has 6 heteroatoms. The van der Waals surface area contributed by atoms with E-state index in [9.17, 15) is 14.4 Å². The van der Waals surface area contributed by atoms with Crippen LogP contribution in [0.5, 0.6) is 0 Å². The van der Waals surface area contributed by atoms with Gasteiger partial charge in [-0.2, -0.15) is 0 Å². The van der Waals surface area contributed by atoms with Gasteiger partial charge in [-0.25, -0.2) is 9.59 Å². The second-order valence-corrected chi connectivity index (χ2v) is 4.21. The Labute approximate surface area is 109 Å². The summed E-state index contributed by atoms with van der Waals surface area (Å²) in [6.45, 7) is 0.392. The maximum atomic E-state index is 11.6. The summed E-state index contributed by atoms with van der Waals surface area (Å²) < 4.78 is 5.18. The van der Waals surface area contributed by atoms with E-state index in [0.717, 1.165) is 5.56 Å². The number of Topliss-reactive ketones (excluding diaryl/α,β-unsaturated/α-hetero) is 1. The predicted molar refractivity (Wildman–Crippen MR) is 64.5 cm³/mol. The number of hydrogen-bond acceptors (Lipinski definition) is 4. The van der Waals surface area contributed by atoms with E-state index in [2.05, 4.69) is 0 Å². The molecule has 1 saturated heterocycles. The Kier molecular flexibility index (Phi) is 3.79. The fraction of sp³-hybridized carbons (Fsp3) is 0.308. The predicted octanol–water partition coefficient (Wildman–Crippen LogP) is 1.22. The fourth-order valence-electron chi connectivity index (χ4n) is 1.88. The lowest BCUT2D eigenvalue weighted by molar-refractivity contribution is -0.149. The standard InChI is InChI=1S/C13H13NO5/c15-10(12(16)17)6-7-14-8-11(19-13(14)18)9-4-2-1-3-5-9/h1-5,11H,6-8H2,(H,16,17). The fourth-order valence-corrected chi connectivity index (χ4v) is 1.88. The van der Waals surface area contributed by atoms with Crippen molar-refractivity contribution in [1.29, 1.82) is 0 Å². The molecule has 0 bridgehead atoms. The summed E-state index contributed by atoms with van der Waals surface area (Å²) in [6, 6.07) is 9.26. The third-order valence-corrected chi connectivity index (χ3v) is 2.91. The Bertz CT molecular complexity index is 499. The number of cyclic esters (lactones) is 1. The van der Waals surface area contributed by atoms with Crippen molar-refractivity contribution in [1.82, 2.24) is 4.90 Å². The topological polar surface area (TPSA) is 83.9 Å². The number of aliphatic carboxylic acids is 1. The lowest BCUT2D eigenvalue weighted by atomic mass is 10.1. The van der Waals surface area contributed by atoms with Crippen LogP contribution in [0.2, 0.25) is 0 Å². The van der Waals surface area contributed by atoms with Crippen molar-refractivity contribution in [3.8, 4) is 0 Å². The maximum Gasteiger partial charge on any atom is 0.410 e. The van der Waals surface area contributed by atoms with Crippen LogP contribution in [0.3, 0.4) is 0 Å². The summed E-state index contributed by atoms with van der Waals surface area (Å²) in [5.74, 6) is -2.39. The van der Waals surface area contributed by atoms with E-state index < -0.39 is 17.8 Å². The van der Waals surface area contributed by atoms with Gasteiger partial charge in [0, 0.05) is 13.0 Å². The Morgan fingerprint density at radius 2 is 2.00 bits per heavy atom. The van der Waals surface area contributed by atoms with Gasteiger partial charge in [0.15, 0.2) is 0 Å². The largest absolute Gasteiger partial charge is 0.476 e. The van der Waals surface area contributed by atoms with Crippen LogP contribution in [0.15, 0.2) is 30.3 Å². The number of ketones is 1. The first kappa shape index (κ1) is 13.1. The summed E-state index contributed by atoms with van der Waals surface area (Å²) >= 11 is 0. The van der Waals surface area contributed by atoms with Crippen molar-refractivity contribution in [2.45, 2.75) is 12.5 Å². The Balaban J connectivity index is 1.93. The molecule has 1 fully saturated rings. The molecule has 19 heavy (non-hydrogen) atoms. The lowest BCUT2D eigenvalue weighted by Gasteiger charge is -2.11. The first-order valence-electron chi connectivity index (χ1n) is 5.84. The van der Waals surface area contributed by atoms with Crippen LogP contribution in [-0.2, 0) is 14.3 Å². The van der Waals surface area contributed by atoms with Gasteiger partial charge in [-0.15, -0.1) is 0 Å². The summed E-state index contributed by atoms with van der Waals surface area (Å²) in [5, 5.41) is 8.47. The highest BCUT2D eigenvalue weighted by Gasteiger charge is 2.32. The normalized spacial score (nSPS) is 18.2. The van der Waals surface area contributed by atoms with Crippen LogP contribution in [0.25, 0.3) is 0 Å². The second-order valence-electron chi connectivity index (χ2n) is 4.21. The minimum absolute atomic E-state index is 0.0628. The van der Waals surface area contributed by atoms with Crippen LogP contribution >= 0.6 is 0 Å². The number of carbonyl (C=O) groups is 3. The third kappa shape index (κ3) is 3.09. The maximum absolute atomic E-state index is 11.6. The molecule has 100 valence electrons. The molecular weight excluding hydrogens is 250 g/mol. The summed E-state index contributed by atoms with van der Waals surface area (Å²) in [5.41, 5.74) is 0.878. The molecule has 0 spiro atoms. The number of ether oxygens (including phenoxy) is 1. The molecule has 1 aromatic carbocycles. The molecule has 0 aromatic heterocycles. The average Bonchev–Trinajstić information content (AvgIpc) is 2.78. The zero-order valence-corrected chi connectivity index (χ0v) is 10.1. The van der Waals surface area contributed by atoms with Crippen molar-refractivity contribution in [2.75, 3.05) is 13.1 Å². The van der Waals surface area contributed by atoms with Gasteiger partial charge >= 0.3 is 12.1 Å². The van der Waals surface area contributed by atoms with Crippen LogP contribution in [0, 0.1) is 0 Å². The van der Waals surface area contributed by atoms with Crippen LogP contribution < -0.4 is 0 Å². The number of benzene rings is 1. The van der Waals surface area contributed by atoms with Crippen LogP contribution in [0.1, 0.15) is 18.1 Å². The van der Waals surface area contributed by atoms with Crippen LogP contribution in [-0.4, -0.2) is 40.9 Å². The summed E-state index contributed by atoms with van der Waals surface area (Å²) in [4.78, 5) is 34.3. The van der Waals surface area contributed by atoms with E-state index in [-0.39, 0.29) is 19.1 Å². The molecule has 1 amide bonds. The molecule has 0 aliphatic carbocycles. The summed E-state index contributed by atoms with van der Waals surface area (Å²) in [6.07, 6.45) is -1.09. The molecule has 1 aromatic rings. The van der Waals surface area contributed by atoms with E-state index in [1.807, 2.05) is 30.3 Å². The number of nitrogens with zero attached hydrogens (tertiary/aromatic N) is 1. The first-order chi connectivity index (χ1) is 9.08. The van der Waals surface area contributed by atoms with Gasteiger partial charge < -0.3 is 14.7 Å². The highest BCUT2D eigenvalue weighted by Crippen LogP contribution is 2.25. The number of rotatable bonds is 5. The molecule has 1 N–H and O–H groups in total. The molecular formula is C13H13NO5. The van der Waals surface area contributed by atoms with Crippen molar-refractivity contribution in [2.24, 2.45) is 0 Å². The molecule has 1 aliphatic heterocycles. The quantitative estimate of drug-likeness (QED) is 0.807. The number of carboxylic acid groups (broad SMARTS) is 1. The van der Waals surface area contributed by atoms with Crippen molar-refractivity contribution in [3.63, 3.8) is 0 Å². The molecule has 2 rings (SSSR count). The van der Waals surface area contributed by atoms with E-state index >= 15 is 0 Å². The molecule has 1 heterocycles. The van der Waals surface area contributed by atoms with Crippen molar-refractivity contribution >= 4 is 17.8 Å². The molecule has 6 nitrogen and oxygen atoms in total. The van der Waals surface area contributed by atoms with E-state index in [1.54, 1.807) is 0 Å². The van der Waals surface area contributed by atoms with Gasteiger partial charge in [0.1, 0.15) is 6.10 Å². The van der Waals surface area contributed by atoms with Gasteiger partial charge in [0.2, 0.25) is 5.78 Å². The SMILES string of the molecule is O=C(O)C(=O)CCN1CC(c2ccccc2)OC1=O. The lowest BCUT2D eigenvalue weighted by Crippen LogP contribution is -2.28. The van der Waals surface area contributed by atoms with Gasteiger partial charge in [-0.05, 0) is 5.56 Å². The first-order valence-corrected chi connectivity index (χ1v) is 5.84. The average molecular weight is 263 g/mol. The molecule has 0 radical (unpaired) electrons. The highest BCUT2D eigenvalue weighted by molar-refractivity contribution is 6.32. The number of carboxylic acids is 1. The van der Waals surface area contributed by atoms with Crippen molar-refractivity contribution < 1.29 is 24.2 Å². The van der Waals surface area contributed by atoms with Crippen molar-refractivity contribution in [3.05, 3.63) is 35.9 Å². The van der Waals surface area contributed by atoms with Gasteiger partial charge in [-0.1, -0.05) is 30.3 Å². The number of carbonyl (C=O) groups excluding carboxylic acids is 2. The Hall–Kier alpha value is -2.37. The minimum Gasteiger partial charge on any atom is -0.476 e. The minimum atomic E-state index is -1.48. The van der Waals surface area contributed by atoms with Gasteiger partial charge in [0.25, 0.3) is 0 Å². The number of amides is 1. The Morgan fingerprint density at radius 1 is 1.32 bits per heavy atom. The van der Waals surface area contributed by atoms with Crippen LogP contribution in [0.4, 0.5) is 4.79 Å². The zero-order chi connectivity index (χ0) is 13.8. The smallest absolute Gasteiger partial charge is 0.410 e. The van der Waals surface area contributed by atoms with Gasteiger partial charge in [0.05, 0.1) is 6.54 Å². The highest BCUT2D eigenvalue weighted by atomic mass is 16.6. The number of hydrogen-bond donors (Lipinski definition) is 1. The van der Waals surface area contributed by atoms with E-state index in [1.165, 1.54) is 4.90 Å². The third-order valence-electron chi connectivity index (χ3n) is 2.91. The monoisotopic (exact) mass is 263 g/mol. The Morgan fingerprint density at radius 3 is 2.63 bits per heavy atom. The van der Waals surface area contributed by atoms with E-state index in [4.69, 9.17) is 9.84 Å². The van der Waals surface area contributed by atoms with E-state index in [0.29, 0.717) is 6.54 Å².